The maximum Gasteiger partial charge on any atom is 0.269 e. The second kappa shape index (κ2) is 6.03. The number of fused-ring (bicyclic) bond motifs is 1. The van der Waals surface area contributed by atoms with Crippen molar-refractivity contribution >= 4 is 27.5 Å². The first kappa shape index (κ1) is 16.7. The first-order chi connectivity index (χ1) is 11.9. The molecular weight excluding hydrogens is 342 g/mol. The maximum absolute atomic E-state index is 12.6. The van der Waals surface area contributed by atoms with E-state index in [0.29, 0.717) is 4.31 Å². The summed E-state index contributed by atoms with van der Waals surface area (Å²) in [5.41, 5.74) is 0.532. The summed E-state index contributed by atoms with van der Waals surface area (Å²) in [7, 11) is -4.09. The lowest BCUT2D eigenvalue weighted by Crippen LogP contribution is -2.45. The molecule has 0 bridgehead atoms. The Bertz CT molecular complexity index is 1020. The van der Waals surface area contributed by atoms with Crippen LogP contribution in [0.4, 0.5) is 5.69 Å². The lowest BCUT2D eigenvalue weighted by Gasteiger charge is -2.22. The number of sulfonamides is 1. The zero-order chi connectivity index (χ0) is 18.2. The van der Waals surface area contributed by atoms with Crippen LogP contribution in [0.2, 0.25) is 0 Å². The number of para-hydroxylation sites is 1. The second-order valence-electron chi connectivity index (χ2n) is 5.42. The predicted molar refractivity (Wildman–Crippen MR) is 89.0 cm³/mol. The van der Waals surface area contributed by atoms with E-state index >= 15 is 0 Å². The molecule has 25 heavy (non-hydrogen) atoms. The number of hydrogen-bond acceptors (Lipinski definition) is 5. The molecule has 0 radical (unpaired) electrons. The normalized spacial score (nSPS) is 16.0. The van der Waals surface area contributed by atoms with Crippen LogP contribution in [-0.2, 0) is 14.8 Å². The molecule has 1 N–H and O–H groups in total. The third-order valence-corrected chi connectivity index (χ3v) is 5.80. The van der Waals surface area contributed by atoms with Gasteiger partial charge in [-0.2, -0.15) is 5.26 Å². The van der Waals surface area contributed by atoms with Crippen LogP contribution in [0.5, 0.6) is 0 Å². The molecule has 0 fully saturated rings. The van der Waals surface area contributed by atoms with Crippen molar-refractivity contribution < 1.29 is 18.0 Å². The third kappa shape index (κ3) is 2.64. The summed E-state index contributed by atoms with van der Waals surface area (Å²) in [6.45, 7) is 1.33. The number of carbonyl (C=O) groups is 2. The van der Waals surface area contributed by atoms with Crippen molar-refractivity contribution in [3.63, 3.8) is 0 Å². The van der Waals surface area contributed by atoms with Crippen LogP contribution in [0.3, 0.4) is 0 Å². The third-order valence-electron chi connectivity index (χ3n) is 3.89. The molecule has 0 aromatic heterocycles. The number of hydrogen-bond donors (Lipinski definition) is 1. The highest BCUT2D eigenvalue weighted by atomic mass is 32.2. The Labute approximate surface area is 144 Å². The average molecular weight is 355 g/mol. The molecule has 8 heteroatoms. The molecule has 1 atom stereocenters. The van der Waals surface area contributed by atoms with Gasteiger partial charge in [0.05, 0.1) is 16.8 Å². The van der Waals surface area contributed by atoms with Crippen LogP contribution in [0.25, 0.3) is 0 Å². The summed E-state index contributed by atoms with van der Waals surface area (Å²) in [5.74, 6) is -1.45. The van der Waals surface area contributed by atoms with Gasteiger partial charge in [-0.1, -0.05) is 24.3 Å². The minimum Gasteiger partial charge on any atom is -0.323 e. The van der Waals surface area contributed by atoms with Crippen molar-refractivity contribution in [1.82, 2.24) is 4.31 Å². The Kier molecular flexibility index (Phi) is 4.02. The fraction of sp³-hybridized carbons (Fsp3) is 0.118. The van der Waals surface area contributed by atoms with E-state index in [9.17, 15) is 18.0 Å². The molecule has 0 saturated heterocycles. The van der Waals surface area contributed by atoms with E-state index in [2.05, 4.69) is 5.32 Å². The number of nitriles is 1. The molecule has 0 aliphatic carbocycles. The van der Waals surface area contributed by atoms with Gasteiger partial charge in [0.25, 0.3) is 15.9 Å². The summed E-state index contributed by atoms with van der Waals surface area (Å²) >= 11 is 0. The largest absolute Gasteiger partial charge is 0.323 e. The van der Waals surface area contributed by atoms with Crippen molar-refractivity contribution in [1.29, 1.82) is 5.26 Å². The fourth-order valence-electron chi connectivity index (χ4n) is 2.62. The average Bonchev–Trinajstić information content (AvgIpc) is 2.81. The number of anilines is 1. The summed E-state index contributed by atoms with van der Waals surface area (Å²) in [4.78, 5) is 24.8. The Morgan fingerprint density at radius 2 is 1.80 bits per heavy atom. The second-order valence-corrected chi connectivity index (χ2v) is 7.21. The van der Waals surface area contributed by atoms with Gasteiger partial charge in [0, 0.05) is 0 Å². The fourth-order valence-corrected chi connectivity index (χ4v) is 4.34. The van der Waals surface area contributed by atoms with E-state index in [4.69, 9.17) is 5.26 Å². The summed E-state index contributed by atoms with van der Waals surface area (Å²) in [6.07, 6.45) is 0. The Morgan fingerprint density at radius 1 is 1.16 bits per heavy atom. The highest BCUT2D eigenvalue weighted by Gasteiger charge is 2.45. The molecule has 1 aliphatic rings. The number of nitrogens with zero attached hydrogens (tertiary/aromatic N) is 2. The smallest absolute Gasteiger partial charge is 0.269 e. The molecule has 126 valence electrons. The molecule has 2 amide bonds. The number of rotatable bonds is 3. The van der Waals surface area contributed by atoms with Crippen molar-refractivity contribution in [3.8, 4) is 6.07 Å². The van der Waals surface area contributed by atoms with Crippen molar-refractivity contribution in [2.24, 2.45) is 0 Å². The van der Waals surface area contributed by atoms with Gasteiger partial charge in [-0.25, -0.2) is 12.7 Å². The monoisotopic (exact) mass is 355 g/mol. The van der Waals surface area contributed by atoms with Crippen LogP contribution >= 0.6 is 0 Å². The van der Waals surface area contributed by atoms with E-state index in [1.165, 1.54) is 37.3 Å². The van der Waals surface area contributed by atoms with Gasteiger partial charge in [0.2, 0.25) is 5.91 Å². The highest BCUT2D eigenvalue weighted by molar-refractivity contribution is 7.90. The van der Waals surface area contributed by atoms with E-state index in [1.54, 1.807) is 18.2 Å². The number of benzene rings is 2. The molecule has 0 unspecified atom stereocenters. The van der Waals surface area contributed by atoms with Gasteiger partial charge in [-0.3, -0.25) is 9.59 Å². The van der Waals surface area contributed by atoms with Crippen LogP contribution in [0, 0.1) is 11.3 Å². The molecule has 1 aliphatic heterocycles. The zero-order valence-electron chi connectivity index (χ0n) is 13.1. The molecule has 2 aromatic rings. The lowest BCUT2D eigenvalue weighted by molar-refractivity contribution is -0.118. The van der Waals surface area contributed by atoms with Crippen molar-refractivity contribution in [3.05, 3.63) is 59.7 Å². The van der Waals surface area contributed by atoms with Crippen molar-refractivity contribution in [2.45, 2.75) is 17.9 Å². The van der Waals surface area contributed by atoms with E-state index in [0.717, 1.165) is 0 Å². The van der Waals surface area contributed by atoms with Gasteiger partial charge in [-0.05, 0) is 31.2 Å². The van der Waals surface area contributed by atoms with Crippen LogP contribution in [-0.4, -0.2) is 30.6 Å². The molecule has 0 spiro atoms. The molecule has 0 saturated carbocycles. The maximum atomic E-state index is 12.6. The summed E-state index contributed by atoms with van der Waals surface area (Å²) in [5, 5.41) is 11.6. The van der Waals surface area contributed by atoms with Gasteiger partial charge in [0.15, 0.2) is 0 Å². The minimum atomic E-state index is -4.09. The topological polar surface area (TPSA) is 107 Å². The van der Waals surface area contributed by atoms with Gasteiger partial charge in [-0.15, -0.1) is 0 Å². The van der Waals surface area contributed by atoms with Gasteiger partial charge in [0.1, 0.15) is 17.0 Å². The number of nitrogens with one attached hydrogen (secondary N) is 1. The van der Waals surface area contributed by atoms with E-state index in [1.807, 2.05) is 6.07 Å². The first-order valence-electron chi connectivity index (χ1n) is 7.35. The van der Waals surface area contributed by atoms with Crippen LogP contribution in [0.1, 0.15) is 22.8 Å². The zero-order valence-corrected chi connectivity index (χ0v) is 13.9. The predicted octanol–water partition coefficient (Wildman–Crippen LogP) is 1.73. The molecule has 1 heterocycles. The quantitative estimate of drug-likeness (QED) is 0.902. The van der Waals surface area contributed by atoms with Crippen LogP contribution in [0.15, 0.2) is 53.4 Å². The SMILES string of the molecule is C[C@H](C(=O)Nc1ccccc1C#N)N1C(=O)c2ccccc2S1(=O)=O. The number of amides is 2. The number of carbonyl (C=O) groups excluding carboxylic acids is 2. The highest BCUT2D eigenvalue weighted by Crippen LogP contribution is 2.32. The van der Waals surface area contributed by atoms with Gasteiger partial charge >= 0.3 is 0 Å². The molecule has 3 rings (SSSR count). The standard InChI is InChI=1S/C17H13N3O4S/c1-11(16(21)19-14-8-4-2-6-12(14)10-18)20-17(22)13-7-3-5-9-15(13)25(20,23)24/h2-9,11H,1H3,(H,19,21)/t11-/m1/s1. The lowest BCUT2D eigenvalue weighted by atomic mass is 10.1. The Hall–Kier alpha value is -3.18. The summed E-state index contributed by atoms with van der Waals surface area (Å²) < 4.78 is 25.7. The van der Waals surface area contributed by atoms with E-state index < -0.39 is 27.9 Å². The molecule has 2 aromatic carbocycles. The molecule has 7 nitrogen and oxygen atoms in total. The van der Waals surface area contributed by atoms with E-state index in [-0.39, 0.29) is 21.7 Å². The van der Waals surface area contributed by atoms with Gasteiger partial charge < -0.3 is 5.32 Å². The molecular formula is C17H13N3O4S. The summed E-state index contributed by atoms with van der Waals surface area (Å²) in [6, 6.07) is 12.8. The first-order valence-corrected chi connectivity index (χ1v) is 8.79. The Balaban J connectivity index is 1.92. The van der Waals surface area contributed by atoms with Crippen molar-refractivity contribution in [2.75, 3.05) is 5.32 Å². The van der Waals surface area contributed by atoms with Crippen LogP contribution < -0.4 is 5.32 Å². The minimum absolute atomic E-state index is 0.0413. The Morgan fingerprint density at radius 3 is 2.48 bits per heavy atom.